The highest BCUT2D eigenvalue weighted by Crippen LogP contribution is 2.21. The van der Waals surface area contributed by atoms with E-state index >= 15 is 0 Å². The molecule has 2 amide bonds. The number of amides is 2. The molecule has 5 nitrogen and oxygen atoms in total. The molecule has 1 saturated carbocycles. The third kappa shape index (κ3) is 5.52. The van der Waals surface area contributed by atoms with Gasteiger partial charge in [-0.1, -0.05) is 61.9 Å². The molecule has 0 aromatic heterocycles. The van der Waals surface area contributed by atoms with Gasteiger partial charge in [0.2, 0.25) is 5.91 Å². The molecule has 0 heterocycles. The zero-order valence-corrected chi connectivity index (χ0v) is 16.2. The van der Waals surface area contributed by atoms with Crippen LogP contribution in [-0.2, 0) is 4.79 Å². The molecule has 0 unspecified atom stereocenters. The molecule has 0 radical (unpaired) electrons. The normalized spacial score (nSPS) is 19.0. The zero-order valence-electron chi connectivity index (χ0n) is 16.2. The van der Waals surface area contributed by atoms with Crippen LogP contribution in [0.5, 0.6) is 0 Å². The molecule has 0 saturated heterocycles. The predicted molar refractivity (Wildman–Crippen MR) is 111 cm³/mol. The van der Waals surface area contributed by atoms with Gasteiger partial charge in [-0.3, -0.25) is 9.59 Å². The maximum absolute atomic E-state index is 12.6. The van der Waals surface area contributed by atoms with Gasteiger partial charge in [0.15, 0.2) is 0 Å². The third-order valence-electron chi connectivity index (χ3n) is 5.15. The van der Waals surface area contributed by atoms with E-state index in [1.54, 1.807) is 12.1 Å². The first-order valence-electron chi connectivity index (χ1n) is 9.89. The second-order valence-corrected chi connectivity index (χ2v) is 7.29. The summed E-state index contributed by atoms with van der Waals surface area (Å²) >= 11 is 0. The topological polar surface area (TPSA) is 70.6 Å². The van der Waals surface area contributed by atoms with Crippen molar-refractivity contribution < 1.29 is 9.59 Å². The number of carbonyl (C=O) groups is 2. The standard InChI is InChI=1S/C23H27N3O2/c1-17-10-8-9-15-20(17)25-26-22(27)16-21(18-11-4-2-5-12-18)24-23(28)19-13-6-3-7-14-19/h2-7,11-14,17,21H,8-10,15-16H2,1H3,(H,24,28)(H,26,27)/b25-20+/t17-,21+/m1/s1. The number of hydrazone groups is 1. The maximum Gasteiger partial charge on any atom is 0.251 e. The Hall–Kier alpha value is -2.95. The van der Waals surface area contributed by atoms with Crippen molar-refractivity contribution in [1.82, 2.24) is 10.7 Å². The molecule has 2 aromatic carbocycles. The Morgan fingerprint density at radius 3 is 2.39 bits per heavy atom. The Morgan fingerprint density at radius 1 is 1.04 bits per heavy atom. The summed E-state index contributed by atoms with van der Waals surface area (Å²) in [4.78, 5) is 25.1. The van der Waals surface area contributed by atoms with Gasteiger partial charge in [0.05, 0.1) is 12.5 Å². The lowest BCUT2D eigenvalue weighted by Gasteiger charge is -2.21. The quantitative estimate of drug-likeness (QED) is 0.740. The van der Waals surface area contributed by atoms with Gasteiger partial charge in [0.25, 0.3) is 5.91 Å². The van der Waals surface area contributed by atoms with Gasteiger partial charge in [0.1, 0.15) is 0 Å². The fourth-order valence-corrected chi connectivity index (χ4v) is 3.47. The van der Waals surface area contributed by atoms with Crippen LogP contribution in [-0.4, -0.2) is 17.5 Å². The minimum absolute atomic E-state index is 0.133. The Morgan fingerprint density at radius 2 is 1.71 bits per heavy atom. The van der Waals surface area contributed by atoms with Crippen LogP contribution < -0.4 is 10.7 Å². The molecule has 3 rings (SSSR count). The highest BCUT2D eigenvalue weighted by Gasteiger charge is 2.20. The van der Waals surface area contributed by atoms with Crippen molar-refractivity contribution in [3.8, 4) is 0 Å². The minimum atomic E-state index is -0.419. The summed E-state index contributed by atoms with van der Waals surface area (Å²) in [7, 11) is 0. The van der Waals surface area contributed by atoms with Gasteiger partial charge >= 0.3 is 0 Å². The fourth-order valence-electron chi connectivity index (χ4n) is 3.47. The first-order chi connectivity index (χ1) is 13.6. The Labute approximate surface area is 166 Å². The van der Waals surface area contributed by atoms with E-state index in [9.17, 15) is 9.59 Å². The van der Waals surface area contributed by atoms with Crippen molar-refractivity contribution >= 4 is 17.5 Å². The summed E-state index contributed by atoms with van der Waals surface area (Å²) in [6, 6.07) is 18.1. The Balaban J connectivity index is 1.68. The van der Waals surface area contributed by atoms with E-state index in [-0.39, 0.29) is 18.2 Å². The largest absolute Gasteiger partial charge is 0.345 e. The second-order valence-electron chi connectivity index (χ2n) is 7.29. The molecule has 1 aliphatic rings. The van der Waals surface area contributed by atoms with Gasteiger partial charge < -0.3 is 5.32 Å². The van der Waals surface area contributed by atoms with E-state index in [1.165, 1.54) is 6.42 Å². The van der Waals surface area contributed by atoms with E-state index in [0.29, 0.717) is 11.5 Å². The van der Waals surface area contributed by atoms with Gasteiger partial charge in [-0.25, -0.2) is 5.43 Å². The lowest BCUT2D eigenvalue weighted by atomic mass is 9.89. The van der Waals surface area contributed by atoms with Crippen LogP contribution in [0, 0.1) is 5.92 Å². The van der Waals surface area contributed by atoms with Crippen LogP contribution in [0.25, 0.3) is 0 Å². The van der Waals surface area contributed by atoms with E-state index in [2.05, 4.69) is 22.8 Å². The summed E-state index contributed by atoms with van der Waals surface area (Å²) in [5, 5.41) is 7.33. The molecule has 0 spiro atoms. The molecule has 28 heavy (non-hydrogen) atoms. The summed E-state index contributed by atoms with van der Waals surface area (Å²) in [5.41, 5.74) is 5.21. The fraction of sp³-hybridized carbons (Fsp3) is 0.348. The smallest absolute Gasteiger partial charge is 0.251 e. The van der Waals surface area contributed by atoms with Crippen molar-refractivity contribution in [3.05, 3.63) is 71.8 Å². The van der Waals surface area contributed by atoms with Crippen molar-refractivity contribution in [2.24, 2.45) is 11.0 Å². The summed E-state index contributed by atoms with van der Waals surface area (Å²) in [6.07, 6.45) is 4.53. The van der Waals surface area contributed by atoms with Crippen LogP contribution in [0.4, 0.5) is 0 Å². The lowest BCUT2D eigenvalue weighted by Crippen LogP contribution is -2.33. The van der Waals surface area contributed by atoms with Crippen LogP contribution >= 0.6 is 0 Å². The number of hydrogen-bond acceptors (Lipinski definition) is 3. The summed E-state index contributed by atoms with van der Waals surface area (Å²) in [6.45, 7) is 2.15. The number of benzene rings is 2. The highest BCUT2D eigenvalue weighted by atomic mass is 16.2. The molecule has 0 bridgehead atoms. The van der Waals surface area contributed by atoms with Crippen molar-refractivity contribution in [2.45, 2.75) is 45.1 Å². The van der Waals surface area contributed by atoms with Crippen LogP contribution in [0.3, 0.4) is 0 Å². The molecular weight excluding hydrogens is 350 g/mol. The van der Waals surface area contributed by atoms with Gasteiger partial charge in [-0.2, -0.15) is 5.10 Å². The molecule has 5 heteroatoms. The van der Waals surface area contributed by atoms with Crippen LogP contribution in [0.2, 0.25) is 0 Å². The molecule has 146 valence electrons. The van der Waals surface area contributed by atoms with Gasteiger partial charge in [0, 0.05) is 11.3 Å². The molecule has 1 fully saturated rings. The third-order valence-corrected chi connectivity index (χ3v) is 5.15. The number of rotatable bonds is 6. The van der Waals surface area contributed by atoms with Crippen LogP contribution in [0.1, 0.15) is 61.0 Å². The summed E-state index contributed by atoms with van der Waals surface area (Å²) < 4.78 is 0. The highest BCUT2D eigenvalue weighted by molar-refractivity contribution is 5.95. The van der Waals surface area contributed by atoms with Gasteiger partial charge in [-0.15, -0.1) is 0 Å². The molecule has 1 aliphatic carbocycles. The number of nitrogens with one attached hydrogen (secondary N) is 2. The van der Waals surface area contributed by atoms with E-state index < -0.39 is 6.04 Å². The van der Waals surface area contributed by atoms with Crippen molar-refractivity contribution in [3.63, 3.8) is 0 Å². The number of carbonyl (C=O) groups excluding carboxylic acids is 2. The van der Waals surface area contributed by atoms with Crippen molar-refractivity contribution in [1.29, 1.82) is 0 Å². The van der Waals surface area contributed by atoms with E-state index in [1.807, 2.05) is 48.5 Å². The van der Waals surface area contributed by atoms with Crippen LogP contribution in [0.15, 0.2) is 65.8 Å². The Bertz CT molecular complexity index is 818. The zero-order chi connectivity index (χ0) is 19.8. The van der Waals surface area contributed by atoms with E-state index in [4.69, 9.17) is 0 Å². The Kier molecular flexibility index (Phi) is 6.95. The van der Waals surface area contributed by atoms with E-state index in [0.717, 1.165) is 30.5 Å². The second kappa shape index (κ2) is 9.83. The first kappa shape index (κ1) is 19.8. The monoisotopic (exact) mass is 377 g/mol. The molecule has 2 N–H and O–H groups in total. The molecular formula is C23H27N3O2. The van der Waals surface area contributed by atoms with Gasteiger partial charge in [-0.05, 0) is 42.9 Å². The lowest BCUT2D eigenvalue weighted by molar-refractivity contribution is -0.121. The molecule has 2 atom stereocenters. The SMILES string of the molecule is C[C@@H]1CCCC/C1=N\NC(=O)C[C@H](NC(=O)c1ccccc1)c1ccccc1. The number of nitrogens with zero attached hydrogens (tertiary/aromatic N) is 1. The molecule has 2 aromatic rings. The molecule has 0 aliphatic heterocycles. The maximum atomic E-state index is 12.6. The van der Waals surface area contributed by atoms with Crippen molar-refractivity contribution in [2.75, 3.05) is 0 Å². The average Bonchev–Trinajstić information content (AvgIpc) is 2.74. The average molecular weight is 377 g/mol. The minimum Gasteiger partial charge on any atom is -0.345 e. The number of hydrogen-bond donors (Lipinski definition) is 2. The predicted octanol–water partition coefficient (Wildman–Crippen LogP) is 4.23. The summed E-state index contributed by atoms with van der Waals surface area (Å²) in [5.74, 6) is 0.0127. The first-order valence-corrected chi connectivity index (χ1v) is 9.89.